The van der Waals surface area contributed by atoms with Gasteiger partial charge < -0.3 is 4.98 Å². The molecule has 9 rings (SSSR count). The topological polar surface area (TPSA) is 15.8 Å². The number of benzene rings is 8. The van der Waals surface area contributed by atoms with Crippen LogP contribution in [0.4, 0.5) is 0 Å². The first kappa shape index (κ1) is 22.4. The van der Waals surface area contributed by atoms with Crippen molar-refractivity contribution in [1.82, 2.24) is 4.98 Å². The third-order valence-corrected chi connectivity index (χ3v) is 8.70. The largest absolute Gasteiger partial charge is 0.354 e. The number of H-pyrrole nitrogens is 1. The van der Waals surface area contributed by atoms with Crippen LogP contribution in [0.15, 0.2) is 146 Å². The van der Waals surface area contributed by atoms with Crippen molar-refractivity contribution in [3.63, 3.8) is 0 Å². The fourth-order valence-corrected chi connectivity index (χ4v) is 6.91. The van der Waals surface area contributed by atoms with Crippen molar-refractivity contribution in [1.29, 1.82) is 0 Å². The number of nitrogens with one attached hydrogen (secondary N) is 1. The second-order valence-corrected chi connectivity index (χ2v) is 11.0. The summed E-state index contributed by atoms with van der Waals surface area (Å²) in [5, 5.41) is 10.4. The number of hydrogen-bond donors (Lipinski definition) is 1. The molecule has 9 aromatic rings. The molecule has 0 fully saturated rings. The van der Waals surface area contributed by atoms with Gasteiger partial charge in [-0.1, -0.05) is 115 Å². The lowest BCUT2D eigenvalue weighted by Gasteiger charge is -2.18. The highest BCUT2D eigenvalue weighted by molar-refractivity contribution is 6.38. The quantitative estimate of drug-likeness (QED) is 0.223. The van der Waals surface area contributed by atoms with Crippen LogP contribution in [0.3, 0.4) is 0 Å². The minimum Gasteiger partial charge on any atom is -0.354 e. The Kier molecular flexibility index (Phi) is 4.67. The van der Waals surface area contributed by atoms with Gasteiger partial charge in [0, 0.05) is 27.1 Å². The molecule has 1 heterocycles. The predicted octanol–water partition coefficient (Wildman–Crippen LogP) is 11.2. The zero-order chi connectivity index (χ0) is 26.9. The van der Waals surface area contributed by atoms with E-state index in [1.807, 2.05) is 0 Å². The standard InChI is InChI=1S/C40H25N/c1-3-11-25(12-4-1)28-21-29(26-13-5-2-6-14-26)23-30(22-28)35-24-27-15-9-18-33-37(27)38-31(35)17-10-19-34(38)40-39(33)32-16-7-8-20-36(32)41-40/h1-24,41H. The Balaban J connectivity index is 1.42. The Morgan fingerprint density at radius 3 is 1.68 bits per heavy atom. The molecular formula is C40H25N. The molecule has 1 heteroatoms. The molecule has 1 N–H and O–H groups in total. The normalized spacial score (nSPS) is 11.9. The molecule has 0 saturated carbocycles. The highest BCUT2D eigenvalue weighted by Crippen LogP contribution is 2.46. The molecule has 1 nitrogen and oxygen atoms in total. The molecule has 0 atom stereocenters. The van der Waals surface area contributed by atoms with Crippen molar-refractivity contribution in [3.8, 4) is 33.4 Å². The third kappa shape index (κ3) is 3.30. The summed E-state index contributed by atoms with van der Waals surface area (Å²) in [5.74, 6) is 0. The summed E-state index contributed by atoms with van der Waals surface area (Å²) >= 11 is 0. The van der Waals surface area contributed by atoms with Crippen LogP contribution in [-0.4, -0.2) is 4.98 Å². The van der Waals surface area contributed by atoms with E-state index in [9.17, 15) is 0 Å². The molecule has 0 aliphatic carbocycles. The Morgan fingerprint density at radius 1 is 0.341 bits per heavy atom. The fourth-order valence-electron chi connectivity index (χ4n) is 6.91. The van der Waals surface area contributed by atoms with Gasteiger partial charge in [0.25, 0.3) is 0 Å². The van der Waals surface area contributed by atoms with Gasteiger partial charge >= 0.3 is 0 Å². The third-order valence-electron chi connectivity index (χ3n) is 8.70. The van der Waals surface area contributed by atoms with Crippen LogP contribution >= 0.6 is 0 Å². The second kappa shape index (κ2) is 8.55. The summed E-state index contributed by atoms with van der Waals surface area (Å²) in [4.78, 5) is 3.78. The lowest BCUT2D eigenvalue weighted by Crippen LogP contribution is -1.91. The number of para-hydroxylation sites is 1. The van der Waals surface area contributed by atoms with E-state index in [0.717, 1.165) is 0 Å². The minimum absolute atomic E-state index is 1.18. The minimum atomic E-state index is 1.18. The molecular weight excluding hydrogens is 494 g/mol. The van der Waals surface area contributed by atoms with Gasteiger partial charge in [-0.05, 0) is 85.3 Å². The molecule has 0 spiro atoms. The van der Waals surface area contributed by atoms with Gasteiger partial charge in [-0.3, -0.25) is 0 Å². The molecule has 190 valence electrons. The Hall–Kier alpha value is -5.40. The van der Waals surface area contributed by atoms with E-state index >= 15 is 0 Å². The van der Waals surface area contributed by atoms with Gasteiger partial charge in [-0.2, -0.15) is 0 Å². The lowest BCUT2D eigenvalue weighted by atomic mass is 9.86. The van der Waals surface area contributed by atoms with Gasteiger partial charge in [0.2, 0.25) is 0 Å². The van der Waals surface area contributed by atoms with Crippen molar-refractivity contribution in [2.75, 3.05) is 0 Å². The van der Waals surface area contributed by atoms with Crippen LogP contribution in [0, 0.1) is 0 Å². The zero-order valence-electron chi connectivity index (χ0n) is 22.4. The van der Waals surface area contributed by atoms with Crippen molar-refractivity contribution < 1.29 is 0 Å². The number of aromatic nitrogens is 1. The first-order valence-electron chi connectivity index (χ1n) is 14.2. The summed E-state index contributed by atoms with van der Waals surface area (Å²) in [6.07, 6.45) is 0. The van der Waals surface area contributed by atoms with Crippen LogP contribution in [0.5, 0.6) is 0 Å². The lowest BCUT2D eigenvalue weighted by molar-refractivity contribution is 1.56. The summed E-state index contributed by atoms with van der Waals surface area (Å²) in [6, 6.07) is 53.1. The van der Waals surface area contributed by atoms with Crippen molar-refractivity contribution in [2.45, 2.75) is 0 Å². The van der Waals surface area contributed by atoms with Crippen LogP contribution in [0.25, 0.3) is 87.5 Å². The number of rotatable bonds is 3. The molecule has 0 saturated heterocycles. The molecule has 0 amide bonds. The van der Waals surface area contributed by atoms with Gasteiger partial charge in [-0.15, -0.1) is 0 Å². The van der Waals surface area contributed by atoms with Gasteiger partial charge in [-0.25, -0.2) is 0 Å². The van der Waals surface area contributed by atoms with Gasteiger partial charge in [0.05, 0.1) is 5.52 Å². The van der Waals surface area contributed by atoms with E-state index in [4.69, 9.17) is 0 Å². The number of aromatic amines is 1. The maximum Gasteiger partial charge on any atom is 0.0551 e. The molecule has 8 aromatic carbocycles. The fraction of sp³-hybridized carbons (Fsp3) is 0. The monoisotopic (exact) mass is 519 g/mol. The number of hydrogen-bond acceptors (Lipinski definition) is 0. The summed E-state index contributed by atoms with van der Waals surface area (Å²) in [7, 11) is 0. The molecule has 0 radical (unpaired) electrons. The van der Waals surface area contributed by atoms with E-state index in [2.05, 4.69) is 151 Å². The molecule has 0 unspecified atom stereocenters. The Morgan fingerprint density at radius 2 is 0.927 bits per heavy atom. The van der Waals surface area contributed by atoms with Crippen LogP contribution in [-0.2, 0) is 0 Å². The average molecular weight is 520 g/mol. The average Bonchev–Trinajstić information content (AvgIpc) is 3.45. The van der Waals surface area contributed by atoms with E-state index in [-0.39, 0.29) is 0 Å². The highest BCUT2D eigenvalue weighted by Gasteiger charge is 2.19. The highest BCUT2D eigenvalue weighted by atomic mass is 14.7. The Labute approximate surface area is 237 Å². The first-order valence-corrected chi connectivity index (χ1v) is 14.2. The maximum atomic E-state index is 3.78. The smallest absolute Gasteiger partial charge is 0.0551 e. The predicted molar refractivity (Wildman–Crippen MR) is 176 cm³/mol. The summed E-state index contributed by atoms with van der Waals surface area (Å²) < 4.78 is 0. The van der Waals surface area contributed by atoms with Crippen LogP contribution < -0.4 is 0 Å². The molecule has 0 aliphatic rings. The van der Waals surface area contributed by atoms with Crippen molar-refractivity contribution in [3.05, 3.63) is 146 Å². The zero-order valence-corrected chi connectivity index (χ0v) is 22.4. The second-order valence-electron chi connectivity index (χ2n) is 11.0. The van der Waals surface area contributed by atoms with Crippen molar-refractivity contribution >= 4 is 54.1 Å². The maximum absolute atomic E-state index is 3.78. The molecule has 0 bridgehead atoms. The van der Waals surface area contributed by atoms with E-state index in [0.29, 0.717) is 0 Å². The SMILES string of the molecule is c1ccc(-c2cc(-c3ccccc3)cc(-c3cc4cccc5c6c7ccccc7[nH]c6c6cccc3c6c45)c2)cc1. The Bertz CT molecular complexity index is 2340. The van der Waals surface area contributed by atoms with Gasteiger partial charge in [0.1, 0.15) is 0 Å². The number of fused-ring (bicyclic) bond motifs is 5. The summed E-state index contributed by atoms with van der Waals surface area (Å²) in [6.45, 7) is 0. The first-order chi connectivity index (χ1) is 20.3. The van der Waals surface area contributed by atoms with E-state index in [1.54, 1.807) is 0 Å². The molecule has 41 heavy (non-hydrogen) atoms. The molecule has 0 aliphatic heterocycles. The van der Waals surface area contributed by atoms with Gasteiger partial charge in [0.15, 0.2) is 0 Å². The summed E-state index contributed by atoms with van der Waals surface area (Å²) in [5.41, 5.74) is 9.81. The van der Waals surface area contributed by atoms with Crippen LogP contribution in [0.1, 0.15) is 0 Å². The van der Waals surface area contributed by atoms with E-state index in [1.165, 1.54) is 87.5 Å². The van der Waals surface area contributed by atoms with Crippen LogP contribution in [0.2, 0.25) is 0 Å². The van der Waals surface area contributed by atoms with Crippen molar-refractivity contribution in [2.24, 2.45) is 0 Å². The molecule has 1 aromatic heterocycles. The van der Waals surface area contributed by atoms with E-state index < -0.39 is 0 Å².